The number of allylic oxidation sites excluding steroid dienone is 1. The average molecular weight is 691 g/mol. The van der Waals surface area contributed by atoms with Crippen molar-refractivity contribution in [2.24, 2.45) is 10.9 Å². The molecule has 0 fully saturated rings. The minimum Gasteiger partial charge on any atom is -0.466 e. The first kappa shape index (κ1) is 40.0. The van der Waals surface area contributed by atoms with Gasteiger partial charge in [0.15, 0.2) is 0 Å². The Kier molecular flexibility index (Phi) is 15.2. The van der Waals surface area contributed by atoms with E-state index in [2.05, 4.69) is 35.3 Å². The number of aromatic nitrogens is 1. The maximum Gasteiger partial charge on any atom is 0.407 e. The molecule has 0 radical (unpaired) electrons. The first-order valence-corrected chi connectivity index (χ1v) is 21.0. The van der Waals surface area contributed by atoms with Crippen molar-refractivity contribution in [3.63, 3.8) is 0 Å². The number of carbonyl (C=O) groups is 4. The van der Waals surface area contributed by atoms with Crippen LogP contribution in [0.25, 0.3) is 0 Å². The van der Waals surface area contributed by atoms with Gasteiger partial charge in [0.25, 0.3) is 0 Å². The quantitative estimate of drug-likeness (QED) is 0.0918. The average Bonchev–Trinajstić information content (AvgIpc) is 3.36. The topological polar surface area (TPSA) is 145 Å². The number of ether oxygens (including phenoxy) is 3. The van der Waals surface area contributed by atoms with Crippen LogP contribution in [0.2, 0.25) is 25.7 Å². The maximum absolute atomic E-state index is 13.6. The van der Waals surface area contributed by atoms with E-state index >= 15 is 0 Å². The molecule has 0 unspecified atom stereocenters. The molecule has 11 nitrogen and oxygen atoms in total. The number of nitrogens with zero attached hydrogens (tertiary/aromatic N) is 2. The van der Waals surface area contributed by atoms with Gasteiger partial charge < -0.3 is 24.8 Å². The molecule has 2 amide bonds. The Morgan fingerprint density at radius 1 is 1.17 bits per heavy atom. The molecule has 3 atom stereocenters. The molecule has 0 saturated heterocycles. The summed E-state index contributed by atoms with van der Waals surface area (Å²) in [5.41, 5.74) is -0.369. The number of aliphatic imine (C=N–C) groups is 1. The van der Waals surface area contributed by atoms with Crippen LogP contribution in [0.5, 0.6) is 0 Å². The van der Waals surface area contributed by atoms with Crippen LogP contribution in [0.1, 0.15) is 79.0 Å². The van der Waals surface area contributed by atoms with Crippen LogP contribution < -0.4 is 10.6 Å². The number of alkyl carbamates (subject to hydrolysis) is 1. The third-order valence-electron chi connectivity index (χ3n) is 6.97. The summed E-state index contributed by atoms with van der Waals surface area (Å²) in [4.78, 5) is 60.7. The van der Waals surface area contributed by atoms with Crippen molar-refractivity contribution in [2.75, 3.05) is 12.4 Å². The van der Waals surface area contributed by atoms with E-state index in [4.69, 9.17) is 19.2 Å². The van der Waals surface area contributed by atoms with E-state index in [-0.39, 0.29) is 18.9 Å². The SMILES string of the molecule is CCC/C=C/[C@H](CC(=O)OCC[Si](C)(C)C)OC(=O)[C@@H](NC(=O)[C@]1(C)CSC(c2ccnc(CNC(=O)OC(C)(C)C)c2)=N1)C(C)C. The Hall–Kier alpha value is -3.19. The van der Waals surface area contributed by atoms with E-state index in [1.807, 2.05) is 32.9 Å². The standard InChI is InChI=1S/C34H54N4O7SSi/c1-11-12-13-14-26(20-27(39)43-17-18-47(8,9)10)44-30(40)28(23(2)3)37-31(41)34(7)22-46-29(38-34)24-15-16-35-25(19-24)21-36-32(42)45-33(4,5)6/h13-16,19,23,26,28H,11-12,17-18,20-22H2,1-10H3,(H,36,42)(H,37,41)/b14-13+/t26-,28+,34+/m1/s1. The third kappa shape index (κ3) is 14.6. The summed E-state index contributed by atoms with van der Waals surface area (Å²) in [6, 6.07) is 3.51. The van der Waals surface area contributed by atoms with Crippen molar-refractivity contribution < 1.29 is 33.4 Å². The highest BCUT2D eigenvalue weighted by molar-refractivity contribution is 8.14. The van der Waals surface area contributed by atoms with Crippen molar-refractivity contribution in [3.05, 3.63) is 41.7 Å². The molecule has 47 heavy (non-hydrogen) atoms. The van der Waals surface area contributed by atoms with Crippen LogP contribution in [0.4, 0.5) is 4.79 Å². The lowest BCUT2D eigenvalue weighted by atomic mass is 10.00. The van der Waals surface area contributed by atoms with Crippen molar-refractivity contribution in [1.82, 2.24) is 15.6 Å². The number of hydrogen-bond acceptors (Lipinski definition) is 10. The summed E-state index contributed by atoms with van der Waals surface area (Å²) in [6.45, 7) is 19.9. The second-order valence-electron chi connectivity index (χ2n) is 14.5. The fourth-order valence-electron chi connectivity index (χ4n) is 4.22. The third-order valence-corrected chi connectivity index (χ3v) is 9.98. The van der Waals surface area contributed by atoms with Gasteiger partial charge in [-0.1, -0.05) is 52.9 Å². The molecule has 2 heterocycles. The Morgan fingerprint density at radius 2 is 1.87 bits per heavy atom. The van der Waals surface area contributed by atoms with Gasteiger partial charge in [0.2, 0.25) is 5.91 Å². The minimum atomic E-state index is -1.37. The lowest BCUT2D eigenvalue weighted by Gasteiger charge is -2.27. The predicted octanol–water partition coefficient (Wildman–Crippen LogP) is 6.04. The van der Waals surface area contributed by atoms with Gasteiger partial charge in [-0.2, -0.15) is 0 Å². The summed E-state index contributed by atoms with van der Waals surface area (Å²) in [5.74, 6) is -1.36. The molecule has 0 spiro atoms. The Labute approximate surface area is 285 Å². The molecule has 1 aromatic heterocycles. The molecular formula is C34H54N4O7SSi. The van der Waals surface area contributed by atoms with Crippen molar-refractivity contribution in [3.8, 4) is 0 Å². The van der Waals surface area contributed by atoms with Gasteiger partial charge >= 0.3 is 18.0 Å². The van der Waals surface area contributed by atoms with Crippen LogP contribution >= 0.6 is 11.8 Å². The van der Waals surface area contributed by atoms with E-state index in [1.165, 1.54) is 11.8 Å². The van der Waals surface area contributed by atoms with E-state index in [0.29, 0.717) is 23.1 Å². The smallest absolute Gasteiger partial charge is 0.407 e. The van der Waals surface area contributed by atoms with E-state index in [1.54, 1.807) is 46.0 Å². The number of hydrogen-bond donors (Lipinski definition) is 2. The summed E-state index contributed by atoms with van der Waals surface area (Å²) < 4.78 is 16.5. The molecule has 0 aliphatic carbocycles. The highest BCUT2D eigenvalue weighted by Gasteiger charge is 2.41. The number of esters is 2. The normalized spacial score (nSPS) is 18.0. The van der Waals surface area contributed by atoms with E-state index in [0.717, 1.165) is 24.4 Å². The molecule has 1 aliphatic rings. The number of thioether (sulfide) groups is 1. The maximum atomic E-state index is 13.6. The highest BCUT2D eigenvalue weighted by Crippen LogP contribution is 2.31. The van der Waals surface area contributed by atoms with E-state index in [9.17, 15) is 19.2 Å². The Bertz CT molecular complexity index is 1310. The van der Waals surface area contributed by atoms with Crippen molar-refractivity contribution >= 4 is 48.8 Å². The van der Waals surface area contributed by atoms with Crippen molar-refractivity contribution in [2.45, 2.75) is 123 Å². The molecule has 262 valence electrons. The lowest BCUT2D eigenvalue weighted by molar-refractivity contribution is -0.156. The monoisotopic (exact) mass is 690 g/mol. The summed E-state index contributed by atoms with van der Waals surface area (Å²) >= 11 is 1.43. The fourth-order valence-corrected chi connectivity index (χ4v) is 6.11. The number of pyridine rings is 1. The van der Waals surface area contributed by atoms with Gasteiger partial charge in [-0.15, -0.1) is 11.8 Å². The second-order valence-corrected chi connectivity index (χ2v) is 21.1. The molecule has 0 bridgehead atoms. The van der Waals surface area contributed by atoms with E-state index < -0.39 is 55.3 Å². The van der Waals surface area contributed by atoms with Gasteiger partial charge in [0.05, 0.1) is 30.3 Å². The molecule has 13 heteroatoms. The first-order chi connectivity index (χ1) is 21.8. The van der Waals surface area contributed by atoms with Gasteiger partial charge in [0.1, 0.15) is 23.3 Å². The van der Waals surface area contributed by atoms with Crippen LogP contribution in [0.3, 0.4) is 0 Å². The molecule has 1 aromatic rings. The van der Waals surface area contributed by atoms with Crippen LogP contribution in [-0.4, -0.2) is 77.7 Å². The number of rotatable bonds is 16. The number of nitrogens with one attached hydrogen (secondary N) is 2. The van der Waals surface area contributed by atoms with Gasteiger partial charge in [-0.25, -0.2) is 9.59 Å². The zero-order chi connectivity index (χ0) is 35.4. The molecule has 0 saturated carbocycles. The van der Waals surface area contributed by atoms with Crippen LogP contribution in [0.15, 0.2) is 35.5 Å². The number of unbranched alkanes of at least 4 members (excludes halogenated alkanes) is 1. The zero-order valence-corrected chi connectivity index (χ0v) is 31.5. The van der Waals surface area contributed by atoms with Crippen LogP contribution in [-0.2, 0) is 35.1 Å². The zero-order valence-electron chi connectivity index (χ0n) is 29.7. The van der Waals surface area contributed by atoms with Gasteiger partial charge in [0, 0.05) is 25.6 Å². The Balaban J connectivity index is 2.10. The molecular weight excluding hydrogens is 637 g/mol. The number of amides is 2. The fraction of sp³-hybridized carbons (Fsp3) is 0.647. The highest BCUT2D eigenvalue weighted by atomic mass is 32.2. The molecule has 1 aliphatic heterocycles. The Morgan fingerprint density at radius 3 is 2.49 bits per heavy atom. The molecule has 2 rings (SSSR count). The van der Waals surface area contributed by atoms with Gasteiger partial charge in [-0.3, -0.25) is 19.6 Å². The summed E-state index contributed by atoms with van der Waals surface area (Å²) in [5, 5.41) is 6.22. The second kappa shape index (κ2) is 17.8. The predicted molar refractivity (Wildman–Crippen MR) is 189 cm³/mol. The van der Waals surface area contributed by atoms with Crippen molar-refractivity contribution in [1.29, 1.82) is 0 Å². The molecule has 2 N–H and O–H groups in total. The first-order valence-electron chi connectivity index (χ1n) is 16.3. The lowest BCUT2D eigenvalue weighted by Crippen LogP contribution is -2.53. The van der Waals surface area contributed by atoms with Crippen LogP contribution in [0, 0.1) is 5.92 Å². The summed E-state index contributed by atoms with van der Waals surface area (Å²) in [7, 11) is -1.37. The number of carbonyl (C=O) groups excluding carboxylic acids is 4. The molecule has 0 aromatic carbocycles. The largest absolute Gasteiger partial charge is 0.466 e. The minimum absolute atomic E-state index is 0.0976. The summed E-state index contributed by atoms with van der Waals surface area (Å²) in [6.07, 6.45) is 5.47. The van der Waals surface area contributed by atoms with Gasteiger partial charge in [-0.05, 0) is 64.3 Å².